The van der Waals surface area contributed by atoms with Gasteiger partial charge in [0, 0.05) is 33.1 Å². The first-order valence-corrected chi connectivity index (χ1v) is 10.3. The first kappa shape index (κ1) is 18.3. The Morgan fingerprint density at radius 3 is 2.36 bits per heavy atom. The number of hydrogen-bond donors (Lipinski definition) is 0. The van der Waals surface area contributed by atoms with Gasteiger partial charge in [0.1, 0.15) is 0 Å². The van der Waals surface area contributed by atoms with Gasteiger partial charge in [-0.1, -0.05) is 18.2 Å². The van der Waals surface area contributed by atoms with Crippen LogP contribution in [-0.4, -0.2) is 50.4 Å². The van der Waals surface area contributed by atoms with Crippen molar-refractivity contribution in [1.29, 1.82) is 0 Å². The number of furan rings is 1. The number of amides is 1. The van der Waals surface area contributed by atoms with E-state index in [-0.39, 0.29) is 27.6 Å². The molecule has 3 heterocycles. The Morgan fingerprint density at radius 2 is 1.75 bits per heavy atom. The van der Waals surface area contributed by atoms with E-state index in [4.69, 9.17) is 8.83 Å². The van der Waals surface area contributed by atoms with Crippen molar-refractivity contribution >= 4 is 21.6 Å². The molecular weight excluding hydrogens is 382 g/mol. The zero-order valence-corrected chi connectivity index (χ0v) is 16.1. The third kappa shape index (κ3) is 3.29. The lowest BCUT2D eigenvalue weighted by Gasteiger charge is -2.34. The van der Waals surface area contributed by atoms with Gasteiger partial charge in [-0.25, -0.2) is 8.42 Å². The molecule has 1 amide bonds. The van der Waals surface area contributed by atoms with Crippen molar-refractivity contribution in [2.24, 2.45) is 0 Å². The highest BCUT2D eigenvalue weighted by Crippen LogP contribution is 2.35. The van der Waals surface area contributed by atoms with Crippen LogP contribution in [0.1, 0.15) is 6.92 Å². The molecule has 0 spiro atoms. The second-order valence-corrected chi connectivity index (χ2v) is 8.28. The molecule has 8 nitrogen and oxygen atoms in total. The molecule has 4 rings (SSSR count). The van der Waals surface area contributed by atoms with Crippen molar-refractivity contribution in [3.05, 3.63) is 48.7 Å². The normalized spacial score (nSPS) is 15.0. The number of nitrogens with zero attached hydrogens (tertiary/aromatic N) is 3. The lowest BCUT2D eigenvalue weighted by atomic mass is 10.3. The summed E-state index contributed by atoms with van der Waals surface area (Å²) < 4.78 is 37.6. The van der Waals surface area contributed by atoms with Crippen molar-refractivity contribution < 1.29 is 22.0 Å². The van der Waals surface area contributed by atoms with Crippen LogP contribution < -0.4 is 4.90 Å². The van der Waals surface area contributed by atoms with Crippen LogP contribution in [0.25, 0.3) is 11.7 Å². The van der Waals surface area contributed by atoms with Gasteiger partial charge >= 0.3 is 0 Å². The molecule has 0 atom stereocenters. The smallest absolute Gasteiger partial charge is 0.266 e. The predicted molar refractivity (Wildman–Crippen MR) is 101 cm³/mol. The molecule has 0 aliphatic carbocycles. The molecule has 9 heteroatoms. The van der Waals surface area contributed by atoms with E-state index in [9.17, 15) is 13.2 Å². The largest absolute Gasteiger partial charge is 0.459 e. The number of oxazole rings is 1. The molecule has 0 radical (unpaired) electrons. The number of benzene rings is 1. The van der Waals surface area contributed by atoms with Gasteiger partial charge < -0.3 is 18.6 Å². The monoisotopic (exact) mass is 401 g/mol. The van der Waals surface area contributed by atoms with Crippen molar-refractivity contribution in [1.82, 2.24) is 9.88 Å². The Morgan fingerprint density at radius 1 is 1.04 bits per heavy atom. The van der Waals surface area contributed by atoms with Gasteiger partial charge in [-0.3, -0.25) is 4.79 Å². The average molecular weight is 401 g/mol. The Balaban J connectivity index is 1.76. The molecule has 1 aromatic carbocycles. The number of piperazine rings is 1. The minimum Gasteiger partial charge on any atom is -0.459 e. The number of rotatable bonds is 4. The fraction of sp³-hybridized carbons (Fsp3) is 0.263. The van der Waals surface area contributed by atoms with E-state index in [1.165, 1.54) is 25.3 Å². The molecule has 1 fully saturated rings. The van der Waals surface area contributed by atoms with Crippen LogP contribution in [0.5, 0.6) is 0 Å². The molecule has 2 aromatic heterocycles. The van der Waals surface area contributed by atoms with Crippen molar-refractivity contribution in [3.63, 3.8) is 0 Å². The SMILES string of the molecule is CC(=O)N1CCN(c2oc(-c3ccco3)nc2S(=O)(=O)c2ccccc2)CC1. The van der Waals surface area contributed by atoms with Gasteiger partial charge in [0.25, 0.3) is 5.89 Å². The highest BCUT2D eigenvalue weighted by Gasteiger charge is 2.33. The summed E-state index contributed by atoms with van der Waals surface area (Å²) in [6.07, 6.45) is 1.47. The van der Waals surface area contributed by atoms with E-state index in [2.05, 4.69) is 4.98 Å². The molecule has 0 N–H and O–H groups in total. The highest BCUT2D eigenvalue weighted by molar-refractivity contribution is 7.91. The number of hydrogen-bond acceptors (Lipinski definition) is 7. The molecule has 28 heavy (non-hydrogen) atoms. The first-order chi connectivity index (χ1) is 13.5. The van der Waals surface area contributed by atoms with Crippen LogP contribution in [0, 0.1) is 0 Å². The topological polar surface area (TPSA) is 96.9 Å². The number of sulfone groups is 1. The molecule has 0 unspecified atom stereocenters. The van der Waals surface area contributed by atoms with Crippen molar-refractivity contribution in [3.8, 4) is 11.7 Å². The maximum Gasteiger partial charge on any atom is 0.266 e. The fourth-order valence-corrected chi connectivity index (χ4v) is 4.46. The van der Waals surface area contributed by atoms with Gasteiger partial charge in [0.05, 0.1) is 11.2 Å². The van der Waals surface area contributed by atoms with E-state index < -0.39 is 9.84 Å². The number of anilines is 1. The molecular formula is C19H19N3O5S. The third-order valence-electron chi connectivity index (χ3n) is 4.63. The quantitative estimate of drug-likeness (QED) is 0.662. The lowest BCUT2D eigenvalue weighted by Crippen LogP contribution is -2.48. The Bertz CT molecular complexity index is 1070. The molecule has 1 aliphatic rings. The predicted octanol–water partition coefficient (Wildman–Crippen LogP) is 2.44. The van der Waals surface area contributed by atoms with E-state index in [0.29, 0.717) is 31.9 Å². The van der Waals surface area contributed by atoms with Gasteiger partial charge in [-0.15, -0.1) is 0 Å². The summed E-state index contributed by atoms with van der Waals surface area (Å²) in [6, 6.07) is 11.4. The molecule has 0 saturated carbocycles. The molecule has 146 valence electrons. The van der Waals surface area contributed by atoms with Crippen LogP contribution in [0.3, 0.4) is 0 Å². The van der Waals surface area contributed by atoms with Crippen LogP contribution in [-0.2, 0) is 14.6 Å². The summed E-state index contributed by atoms with van der Waals surface area (Å²) in [7, 11) is -3.89. The number of aromatic nitrogens is 1. The van der Waals surface area contributed by atoms with E-state index in [1.54, 1.807) is 40.1 Å². The summed E-state index contributed by atoms with van der Waals surface area (Å²) in [4.78, 5) is 19.5. The molecule has 0 bridgehead atoms. The standard InChI is InChI=1S/C19H19N3O5S/c1-14(23)21-9-11-22(12-10-21)19-18(20-17(27-19)16-8-5-13-26-16)28(24,25)15-6-3-2-4-7-15/h2-8,13H,9-12H2,1H3. The minimum absolute atomic E-state index is 0.00868. The Labute approximate surface area is 162 Å². The van der Waals surface area contributed by atoms with Crippen molar-refractivity contribution in [2.75, 3.05) is 31.1 Å². The van der Waals surface area contributed by atoms with Crippen LogP contribution >= 0.6 is 0 Å². The third-order valence-corrected chi connectivity index (χ3v) is 6.30. The molecule has 1 aliphatic heterocycles. The average Bonchev–Trinajstić information content (AvgIpc) is 3.39. The molecule has 1 saturated heterocycles. The summed E-state index contributed by atoms with van der Waals surface area (Å²) >= 11 is 0. The molecule has 3 aromatic rings. The second kappa shape index (κ2) is 7.16. The van der Waals surface area contributed by atoms with Gasteiger partial charge in [0.15, 0.2) is 5.76 Å². The number of carbonyl (C=O) groups excluding carboxylic acids is 1. The number of carbonyl (C=O) groups is 1. The second-order valence-electron chi connectivity index (χ2n) is 6.42. The van der Waals surface area contributed by atoms with Crippen molar-refractivity contribution in [2.45, 2.75) is 16.8 Å². The fourth-order valence-electron chi connectivity index (χ4n) is 3.11. The van der Waals surface area contributed by atoms with Crippen LogP contribution in [0.4, 0.5) is 5.88 Å². The van der Waals surface area contributed by atoms with Crippen LogP contribution in [0.15, 0.2) is 67.5 Å². The maximum atomic E-state index is 13.2. The zero-order valence-electron chi connectivity index (χ0n) is 15.2. The van der Waals surface area contributed by atoms with Gasteiger partial charge in [-0.2, -0.15) is 4.98 Å². The lowest BCUT2D eigenvalue weighted by molar-refractivity contribution is -0.129. The van der Waals surface area contributed by atoms with Gasteiger partial charge in [-0.05, 0) is 24.3 Å². The maximum absolute atomic E-state index is 13.2. The zero-order chi connectivity index (χ0) is 19.7. The van der Waals surface area contributed by atoms with Crippen LogP contribution in [0.2, 0.25) is 0 Å². The summed E-state index contributed by atoms with van der Waals surface area (Å²) in [5, 5.41) is -0.152. The van der Waals surface area contributed by atoms with E-state index in [1.807, 2.05) is 0 Å². The highest BCUT2D eigenvalue weighted by atomic mass is 32.2. The first-order valence-electron chi connectivity index (χ1n) is 8.82. The Hall–Kier alpha value is -3.07. The van der Waals surface area contributed by atoms with Gasteiger partial charge in [0.2, 0.25) is 26.7 Å². The summed E-state index contributed by atoms with van der Waals surface area (Å²) in [5.41, 5.74) is 0. The minimum atomic E-state index is -3.89. The van der Waals surface area contributed by atoms with E-state index >= 15 is 0 Å². The Kier molecular flexibility index (Phi) is 4.68. The summed E-state index contributed by atoms with van der Waals surface area (Å²) in [5.74, 6) is 0.603. The summed E-state index contributed by atoms with van der Waals surface area (Å²) in [6.45, 7) is 3.38. The van der Waals surface area contributed by atoms with E-state index in [0.717, 1.165) is 0 Å².